The molecule has 1 aromatic heterocycles. The zero-order chi connectivity index (χ0) is 14.5. The van der Waals surface area contributed by atoms with Crippen LogP contribution in [0.15, 0.2) is 16.9 Å². The van der Waals surface area contributed by atoms with E-state index < -0.39 is 0 Å². The average molecular weight is 279 g/mol. The maximum absolute atomic E-state index is 11.9. The number of likely N-dealkylation sites (tertiary alicyclic amines) is 1. The second-order valence-electron chi connectivity index (χ2n) is 4.80. The molecule has 0 atom stereocenters. The Bertz CT molecular complexity index is 528. The lowest BCUT2D eigenvalue weighted by atomic mass is 10.0. The fraction of sp³-hybridized carbons (Fsp3) is 0.500. The third kappa shape index (κ3) is 3.89. The van der Waals surface area contributed by atoms with Crippen LogP contribution in [0.3, 0.4) is 0 Å². The highest BCUT2D eigenvalue weighted by molar-refractivity contribution is 5.92. The zero-order valence-corrected chi connectivity index (χ0v) is 11.0. The van der Waals surface area contributed by atoms with Gasteiger partial charge < -0.3 is 11.1 Å². The molecule has 0 unspecified atom stereocenters. The number of hydrogen-bond donors (Lipinski definition) is 3. The first-order chi connectivity index (χ1) is 9.54. The van der Waals surface area contributed by atoms with Gasteiger partial charge in [0.05, 0.1) is 6.54 Å². The molecule has 0 aliphatic carbocycles. The molecule has 8 heteroatoms. The molecule has 8 nitrogen and oxygen atoms in total. The van der Waals surface area contributed by atoms with Crippen LogP contribution < -0.4 is 16.6 Å². The molecule has 0 radical (unpaired) electrons. The summed E-state index contributed by atoms with van der Waals surface area (Å²) >= 11 is 0. The zero-order valence-electron chi connectivity index (χ0n) is 11.0. The fourth-order valence-corrected chi connectivity index (χ4v) is 2.19. The molecule has 20 heavy (non-hydrogen) atoms. The van der Waals surface area contributed by atoms with Gasteiger partial charge in [-0.05, 0) is 18.9 Å². The molecule has 1 aromatic rings. The molecule has 0 spiro atoms. The predicted molar refractivity (Wildman–Crippen MR) is 71.0 cm³/mol. The Kier molecular flexibility index (Phi) is 4.46. The van der Waals surface area contributed by atoms with Gasteiger partial charge in [0.15, 0.2) is 0 Å². The van der Waals surface area contributed by atoms with Crippen LogP contribution in [0.4, 0.5) is 0 Å². The van der Waals surface area contributed by atoms with Gasteiger partial charge in [-0.2, -0.15) is 5.10 Å². The number of aromatic amines is 1. The molecule has 0 saturated carbocycles. The quantitative estimate of drug-likeness (QED) is 0.616. The second-order valence-corrected chi connectivity index (χ2v) is 4.80. The Hall–Kier alpha value is -2.22. The fourth-order valence-electron chi connectivity index (χ4n) is 2.19. The van der Waals surface area contributed by atoms with Gasteiger partial charge in [-0.25, -0.2) is 5.10 Å². The Balaban J connectivity index is 1.83. The summed E-state index contributed by atoms with van der Waals surface area (Å²) in [5, 5.41) is 8.76. The second kappa shape index (κ2) is 6.29. The van der Waals surface area contributed by atoms with Crippen LogP contribution in [0, 0.1) is 0 Å². The lowest BCUT2D eigenvalue weighted by Crippen LogP contribution is -2.46. The monoisotopic (exact) mass is 279 g/mol. The summed E-state index contributed by atoms with van der Waals surface area (Å²) in [6.07, 6.45) is 1.50. The van der Waals surface area contributed by atoms with Crippen molar-refractivity contribution in [1.29, 1.82) is 0 Å². The first-order valence-electron chi connectivity index (χ1n) is 6.42. The maximum atomic E-state index is 11.9. The number of nitrogens with zero attached hydrogens (tertiary/aromatic N) is 2. The van der Waals surface area contributed by atoms with E-state index in [9.17, 15) is 14.4 Å². The van der Waals surface area contributed by atoms with Crippen molar-refractivity contribution in [2.75, 3.05) is 19.6 Å². The van der Waals surface area contributed by atoms with Crippen LogP contribution >= 0.6 is 0 Å². The predicted octanol–water partition coefficient (Wildman–Crippen LogP) is -1.55. The summed E-state index contributed by atoms with van der Waals surface area (Å²) in [6.45, 7) is 1.68. The van der Waals surface area contributed by atoms with E-state index in [0.717, 1.165) is 12.8 Å². The first kappa shape index (κ1) is 14.2. The minimum absolute atomic E-state index is 0.0420. The van der Waals surface area contributed by atoms with Gasteiger partial charge in [0.1, 0.15) is 5.69 Å². The average Bonchev–Trinajstić information content (AvgIpc) is 2.41. The van der Waals surface area contributed by atoms with Gasteiger partial charge in [0, 0.05) is 25.2 Å². The maximum Gasteiger partial charge on any atom is 0.271 e. The molecular formula is C12H17N5O3. The van der Waals surface area contributed by atoms with E-state index in [4.69, 9.17) is 5.73 Å². The van der Waals surface area contributed by atoms with Crippen molar-refractivity contribution >= 4 is 11.8 Å². The molecule has 1 saturated heterocycles. The van der Waals surface area contributed by atoms with Gasteiger partial charge in [0.2, 0.25) is 5.91 Å². The summed E-state index contributed by atoms with van der Waals surface area (Å²) in [7, 11) is 0. The van der Waals surface area contributed by atoms with Gasteiger partial charge >= 0.3 is 0 Å². The van der Waals surface area contributed by atoms with Crippen LogP contribution in [-0.4, -0.2) is 52.6 Å². The highest BCUT2D eigenvalue weighted by atomic mass is 16.2. The molecule has 0 aromatic carbocycles. The summed E-state index contributed by atoms with van der Waals surface area (Å²) in [5.41, 5.74) is 4.98. The number of nitrogens with one attached hydrogen (secondary N) is 2. The van der Waals surface area contributed by atoms with E-state index in [-0.39, 0.29) is 35.7 Å². The number of amides is 2. The summed E-state index contributed by atoms with van der Waals surface area (Å²) in [5.74, 6) is -0.653. The molecule has 4 N–H and O–H groups in total. The van der Waals surface area contributed by atoms with Crippen molar-refractivity contribution in [3.05, 3.63) is 28.2 Å². The Morgan fingerprint density at radius 3 is 2.65 bits per heavy atom. The van der Waals surface area contributed by atoms with E-state index in [1.165, 1.54) is 12.1 Å². The number of H-pyrrole nitrogens is 1. The largest absolute Gasteiger partial charge is 0.369 e. The lowest BCUT2D eigenvalue weighted by molar-refractivity contribution is -0.119. The molecule has 2 rings (SSSR count). The van der Waals surface area contributed by atoms with Crippen LogP contribution in [0.5, 0.6) is 0 Å². The highest BCUT2D eigenvalue weighted by Crippen LogP contribution is 2.10. The van der Waals surface area contributed by atoms with Gasteiger partial charge in [-0.15, -0.1) is 0 Å². The number of rotatable bonds is 4. The standard InChI is InChI=1S/C12H17N5O3/c13-10(18)7-17-5-3-8(4-6-17)14-12(20)9-1-2-11(19)16-15-9/h1-2,8H,3-7H2,(H2,13,18)(H,14,20)(H,16,19). The number of hydrogen-bond acceptors (Lipinski definition) is 5. The Labute approximate surface area is 115 Å². The van der Waals surface area contributed by atoms with E-state index in [1.807, 2.05) is 4.90 Å². The van der Waals surface area contributed by atoms with Crippen molar-refractivity contribution in [2.24, 2.45) is 5.73 Å². The molecule has 2 amide bonds. The number of primary amides is 1. The Morgan fingerprint density at radius 2 is 2.10 bits per heavy atom. The van der Waals surface area contributed by atoms with Crippen LogP contribution in [0.2, 0.25) is 0 Å². The normalized spacial score (nSPS) is 16.8. The molecule has 1 fully saturated rings. The van der Waals surface area contributed by atoms with Crippen molar-refractivity contribution in [3.63, 3.8) is 0 Å². The van der Waals surface area contributed by atoms with Gasteiger partial charge in [-0.1, -0.05) is 0 Å². The molecule has 108 valence electrons. The van der Waals surface area contributed by atoms with Crippen molar-refractivity contribution in [1.82, 2.24) is 20.4 Å². The summed E-state index contributed by atoms with van der Waals surface area (Å²) in [4.78, 5) is 35.5. The van der Waals surface area contributed by atoms with Gasteiger partial charge in [0.25, 0.3) is 11.5 Å². The summed E-state index contributed by atoms with van der Waals surface area (Å²) in [6, 6.07) is 2.69. The number of carbonyl (C=O) groups is 2. The topological polar surface area (TPSA) is 121 Å². The number of piperidine rings is 1. The third-order valence-electron chi connectivity index (χ3n) is 3.21. The minimum Gasteiger partial charge on any atom is -0.369 e. The number of aromatic nitrogens is 2. The smallest absolute Gasteiger partial charge is 0.271 e. The van der Waals surface area contributed by atoms with E-state index >= 15 is 0 Å². The van der Waals surface area contributed by atoms with Crippen molar-refractivity contribution in [2.45, 2.75) is 18.9 Å². The first-order valence-corrected chi connectivity index (χ1v) is 6.42. The van der Waals surface area contributed by atoms with Crippen LogP contribution in [0.25, 0.3) is 0 Å². The SMILES string of the molecule is NC(=O)CN1CCC(NC(=O)c2ccc(=O)[nH]n2)CC1. The molecule has 2 heterocycles. The number of carbonyl (C=O) groups excluding carboxylic acids is 2. The highest BCUT2D eigenvalue weighted by Gasteiger charge is 2.22. The Morgan fingerprint density at radius 1 is 1.40 bits per heavy atom. The third-order valence-corrected chi connectivity index (χ3v) is 3.21. The number of nitrogens with two attached hydrogens (primary N) is 1. The minimum atomic E-state index is -0.346. The lowest BCUT2D eigenvalue weighted by Gasteiger charge is -2.31. The van der Waals surface area contributed by atoms with Gasteiger partial charge in [-0.3, -0.25) is 19.3 Å². The molecule has 1 aliphatic rings. The van der Waals surface area contributed by atoms with Crippen LogP contribution in [-0.2, 0) is 4.79 Å². The van der Waals surface area contributed by atoms with Crippen molar-refractivity contribution in [3.8, 4) is 0 Å². The van der Waals surface area contributed by atoms with E-state index in [1.54, 1.807) is 0 Å². The van der Waals surface area contributed by atoms with Crippen LogP contribution in [0.1, 0.15) is 23.3 Å². The molecular weight excluding hydrogens is 262 g/mol. The van der Waals surface area contributed by atoms with Crippen molar-refractivity contribution < 1.29 is 9.59 Å². The van der Waals surface area contributed by atoms with E-state index in [2.05, 4.69) is 15.5 Å². The summed E-state index contributed by atoms with van der Waals surface area (Å²) < 4.78 is 0. The molecule has 0 bridgehead atoms. The van der Waals surface area contributed by atoms with E-state index in [0.29, 0.717) is 13.1 Å². The molecule has 1 aliphatic heterocycles.